The first kappa shape index (κ1) is 111. The van der Waals surface area contributed by atoms with Gasteiger partial charge in [0.15, 0.2) is 138 Å². The van der Waals surface area contributed by atoms with Crippen LogP contribution < -0.4 is 38.9 Å². The van der Waals surface area contributed by atoms with Gasteiger partial charge in [0.05, 0.1) is 45.3 Å². The Balaban J connectivity index is 0.000000131. The largest absolute Gasteiger partial charge is 0.342 e. The number of H-pyrrole nitrogens is 21. The van der Waals surface area contributed by atoms with Crippen molar-refractivity contribution in [3.05, 3.63) is 281 Å². The lowest BCUT2D eigenvalue weighted by molar-refractivity contribution is -0.127. The predicted octanol–water partition coefficient (Wildman–Crippen LogP) is 16.7. The van der Waals surface area contributed by atoms with Crippen molar-refractivity contribution in [3.63, 3.8) is 0 Å². The minimum absolute atomic E-state index is 0.00676. The molecule has 1 aliphatic carbocycles. The predicted molar refractivity (Wildman–Crippen MR) is 599 cm³/mol. The smallest absolute Gasteiger partial charge is 0.277 e. The molecule has 0 radical (unpaired) electrons. The van der Waals surface area contributed by atoms with Gasteiger partial charge in [-0.15, -0.1) is 0 Å². The number of amides is 1. The van der Waals surface area contributed by atoms with Crippen LogP contribution in [-0.2, 0) is 9.59 Å². The maximum absolute atomic E-state index is 12.3. The van der Waals surface area contributed by atoms with Crippen LogP contribution in [0.1, 0.15) is 105 Å². The van der Waals surface area contributed by atoms with Gasteiger partial charge in [-0.2, -0.15) is 0 Å². The van der Waals surface area contributed by atoms with E-state index in [1.807, 2.05) is 106 Å². The summed E-state index contributed by atoms with van der Waals surface area (Å²) in [5, 5.41) is 4.28. The molecule has 150 heavy (non-hydrogen) atoms. The van der Waals surface area contributed by atoms with Crippen molar-refractivity contribution < 1.29 is 33.6 Å². The lowest BCUT2D eigenvalue weighted by Crippen LogP contribution is -2.29. The molecule has 1 aliphatic heterocycles. The van der Waals surface area contributed by atoms with E-state index < -0.39 is 0 Å². The molecule has 19 aromatic rings. The maximum atomic E-state index is 12.3. The summed E-state index contributed by atoms with van der Waals surface area (Å²) in [6, 6.07) is 32.7. The van der Waals surface area contributed by atoms with Gasteiger partial charge in [0.25, 0.3) is 38.9 Å². The summed E-state index contributed by atoms with van der Waals surface area (Å²) in [6.45, 7) is 11.4. The van der Waals surface area contributed by atoms with Crippen LogP contribution in [0.2, 0.25) is 10.0 Å². The van der Waals surface area contributed by atoms with E-state index in [9.17, 15) is 67.1 Å². The number of aryl methyl sites for hydroxylation is 5. The summed E-state index contributed by atoms with van der Waals surface area (Å²) in [5.74, 6) is 2.26. The van der Waals surface area contributed by atoms with Crippen LogP contribution in [0.25, 0.3) is 78.1 Å². The van der Waals surface area contributed by atoms with Gasteiger partial charge in [-0.25, -0.2) is 34.9 Å². The Morgan fingerprint density at radius 3 is 0.873 bits per heavy atom. The van der Waals surface area contributed by atoms with Gasteiger partial charge in [0.2, 0.25) is 5.91 Å². The molecule has 2 fully saturated rings. The van der Waals surface area contributed by atoms with E-state index in [-0.39, 0.29) is 153 Å². The summed E-state index contributed by atoms with van der Waals surface area (Å²) in [4.78, 5) is 255. The number of carbonyl (C=O) groups excluding carboxylic acids is 7. The zero-order chi connectivity index (χ0) is 107. The first-order valence-corrected chi connectivity index (χ1v) is 54.9. The van der Waals surface area contributed by atoms with E-state index in [1.54, 1.807) is 36.4 Å². The van der Waals surface area contributed by atoms with Gasteiger partial charge in [-0.1, -0.05) is 207 Å². The minimum atomic E-state index is -0.366. The van der Waals surface area contributed by atoms with Gasteiger partial charge in [0.1, 0.15) is 44.4 Å². The molecule has 5 aromatic carbocycles. The first-order valence-electron chi connectivity index (χ1n) is 44.4. The number of Topliss-reactive ketones (excluding diaryl/α,β-unsaturated/α-hetero) is 6. The quantitative estimate of drug-likeness (QED) is 0.0129. The zero-order valence-corrected chi connectivity index (χ0v) is 91.4. The molecule has 772 valence electrons. The van der Waals surface area contributed by atoms with Gasteiger partial charge in [-0.05, 0) is 182 Å². The monoisotopic (exact) mass is 2320 g/mol. The standard InChI is InChI=1S/C15H14N4O2S2.3C14H12N4O2S2.C13H8Cl2N4O2S2.C11H13N5O2S2.C10H10N4O2S2/c1-7-3-4-9(8(2)5-7)10(20)6-23-15-16-11-12(18-15)17-14(22)19-13(11)21;1-7-2-4-8(5-3-7)9(19)6-22-14-15-10-11(17-14)16-13(21)18-12(10)20;2*1-7-3-2-4-8(5-7)9(19)6-22-14-15-10-11(17-14)16-13(21)18-12(10)20;14-5-1-2-6(7(15)3-5)8(20)4-23-13-16-9-10(18-13)17-12(22)19-11(9)21;17-6(16-3-1-2-4-16)5-20-11-12-7-8(14-11)13-10(19)15-9(7)18;15-5(4-1-2-4)3-18-10-11-6-7(13-10)12-9(17)14-8(6)16/h3-5H,6H2,1-2H3,(H3,16,17,18,19,21,22);3*2-5H,6H2,1H3,(H3,15,16,17,18,20,21);1-3H,4H2,(H3,16,17,18,19,21,22);1-5H2,(H3,12,13,14,15,18,19);4H,1-3H2,(H3,11,12,13,14,16,17). The molecule has 1 amide bonds. The van der Waals surface area contributed by atoms with Crippen LogP contribution in [0, 0.1) is 73.9 Å². The van der Waals surface area contributed by atoms with Crippen LogP contribution in [0.5, 0.6) is 0 Å². The van der Waals surface area contributed by atoms with Crippen molar-refractivity contribution in [1.29, 1.82) is 0 Å². The van der Waals surface area contributed by atoms with E-state index in [1.165, 1.54) is 76.6 Å². The number of nitrogens with zero attached hydrogens (tertiary/aromatic N) is 8. The third kappa shape index (κ3) is 29.9. The molecule has 1 saturated heterocycles. The Kier molecular flexibility index (Phi) is 37.3. The summed E-state index contributed by atoms with van der Waals surface area (Å²) in [5.41, 5.74) is 11.0. The van der Waals surface area contributed by atoms with Gasteiger partial charge < -0.3 is 74.7 Å². The van der Waals surface area contributed by atoms with E-state index in [2.05, 4.69) is 140 Å². The number of halogens is 2. The highest BCUT2D eigenvalue weighted by Gasteiger charge is 2.30. The summed E-state index contributed by atoms with van der Waals surface area (Å²) < 4.78 is 1.54. The average Bonchev–Trinajstić information content (AvgIpc) is 1.69. The fourth-order valence-corrected chi connectivity index (χ4v) is 21.3. The molecular weight excluding hydrogens is 2240 g/mol. The van der Waals surface area contributed by atoms with E-state index in [4.69, 9.17) is 109 Å². The Bertz CT molecular complexity index is 9080. The normalized spacial score (nSPS) is 12.0. The zero-order valence-electron chi connectivity index (χ0n) is 78.4. The summed E-state index contributed by atoms with van der Waals surface area (Å²) >= 11 is 54.8. The number of hydrogen-bond donors (Lipinski definition) is 21. The van der Waals surface area contributed by atoms with E-state index in [0.29, 0.717) is 158 Å². The Labute approximate surface area is 915 Å². The van der Waals surface area contributed by atoms with Crippen molar-refractivity contribution >= 4 is 310 Å². The Morgan fingerprint density at radius 1 is 0.300 bits per heavy atom. The fourth-order valence-electron chi connectivity index (χ4n) is 14.0. The van der Waals surface area contributed by atoms with Crippen LogP contribution in [0.15, 0.2) is 179 Å². The van der Waals surface area contributed by atoms with Crippen LogP contribution in [-0.4, -0.2) is 238 Å². The number of aromatic amines is 21. The molecule has 0 bridgehead atoms. The number of likely N-dealkylation sites (tertiary alicyclic amines) is 1. The Hall–Kier alpha value is -13.4. The second-order valence-corrected chi connectivity index (χ2v) is 43.2. The van der Waals surface area contributed by atoms with Gasteiger partial charge >= 0.3 is 0 Å². The maximum Gasteiger partial charge on any atom is 0.277 e. The number of carbonyl (C=O) groups is 7. The lowest BCUT2D eigenvalue weighted by atomic mass is 10.0. The number of rotatable bonds is 27. The highest BCUT2D eigenvalue weighted by atomic mass is 35.5. The molecule has 0 spiro atoms. The SMILES string of the molecule is Cc1ccc(C(=O)CSc2nc3[nH]c(=S)[nH]c(=O)c3[nH]2)c(C)c1.Cc1ccc(C(=O)CSc2nc3[nH]c(=S)[nH]c(=O)c3[nH]2)cc1.Cc1cccc(C(=O)CSc2nc3[nH]c(=S)[nH]c(=O)c3[nH]2)c1.Cc1cccc(C(=O)CSc2nc3[nH]c(=S)[nH]c(=O)c3[nH]2)c1.O=C(CSc1nc2[nH]c(=S)[nH]c(=O)c2[nH]1)C1CC1.O=C(CSc1nc2[nH]c(=S)[nH]c(=O)c2[nH]1)N1CCCC1.O=C(CSc1nc2[nH]c(=S)[nH]c(=O)c2[nH]1)c1ccc(Cl)cc1Cl. The number of imidazole rings is 7. The van der Waals surface area contributed by atoms with Gasteiger partial charge in [-0.3, -0.25) is 102 Å². The lowest BCUT2D eigenvalue weighted by Gasteiger charge is -2.13. The topological polar surface area (TPSA) is 664 Å². The third-order valence-corrected chi connectivity index (χ3v) is 29.5. The second-order valence-electron chi connectivity index (χ2n) is 32.7. The molecule has 14 aromatic heterocycles. The molecule has 15 heterocycles. The van der Waals surface area contributed by atoms with Crippen molar-refractivity contribution in [2.75, 3.05) is 53.4 Å². The minimum Gasteiger partial charge on any atom is -0.342 e. The highest BCUT2D eigenvalue weighted by Crippen LogP contribution is 2.33. The third-order valence-electron chi connectivity index (χ3n) is 21.4. The van der Waals surface area contributed by atoms with Gasteiger partial charge in [0, 0.05) is 51.8 Å². The fraction of sp³-hybridized carbons (Fsp3) is 0.209. The van der Waals surface area contributed by atoms with Crippen LogP contribution in [0.3, 0.4) is 0 Å². The molecule has 0 atom stereocenters. The van der Waals surface area contributed by atoms with Crippen molar-refractivity contribution in [2.24, 2.45) is 5.92 Å². The average molecular weight is 2320 g/mol. The first-order chi connectivity index (χ1) is 71.7. The highest BCUT2D eigenvalue weighted by molar-refractivity contribution is 8.01. The number of ketones is 6. The molecule has 43 nitrogen and oxygen atoms in total. The number of benzene rings is 5. The van der Waals surface area contributed by atoms with Crippen LogP contribution in [0.4, 0.5) is 0 Å². The molecule has 21 N–H and O–H groups in total. The number of fused-ring (bicyclic) bond motifs is 7. The Morgan fingerprint density at radius 2 is 0.573 bits per heavy atom. The molecule has 0 unspecified atom stereocenters. The molecule has 59 heteroatoms. The number of thioether (sulfide) groups is 7. The second kappa shape index (κ2) is 50.5. The van der Waals surface area contributed by atoms with Crippen molar-refractivity contribution in [3.8, 4) is 0 Å². The molecule has 21 rings (SSSR count). The van der Waals surface area contributed by atoms with E-state index >= 15 is 0 Å². The summed E-state index contributed by atoms with van der Waals surface area (Å²) in [6.07, 6.45) is 4.17. The van der Waals surface area contributed by atoms with E-state index in [0.717, 1.165) is 78.4 Å². The number of nitrogens with one attached hydrogen (secondary N) is 21. The van der Waals surface area contributed by atoms with Crippen molar-refractivity contribution in [2.45, 2.75) is 96.4 Å². The number of hydrogen-bond acceptors (Lipinski definition) is 35. The van der Waals surface area contributed by atoms with Crippen LogP contribution >= 0.6 is 191 Å². The summed E-state index contributed by atoms with van der Waals surface area (Å²) in [7, 11) is 0. The molecular formula is C91H81Cl2N29O14S14. The number of aromatic nitrogens is 28. The van der Waals surface area contributed by atoms with Crippen molar-refractivity contribution in [1.82, 2.24) is 144 Å². The molecule has 1 saturated carbocycles. The molecule has 2 aliphatic rings.